The maximum atomic E-state index is 13.7. The number of β-amino-alcohol motifs (C(OH)–C–C–N with tert-alkyl or cyclic N) is 1. The molecule has 2 fully saturated rings. The first-order valence-corrected chi connectivity index (χ1v) is 9.31. The molecule has 0 saturated carbocycles. The summed E-state index contributed by atoms with van der Waals surface area (Å²) in [5.74, 6) is 0.0369. The zero-order chi connectivity index (χ0) is 18.0. The average Bonchev–Trinajstić information content (AvgIpc) is 2.57. The van der Waals surface area contributed by atoms with Crippen LogP contribution in [-0.2, 0) is 11.3 Å². The van der Waals surface area contributed by atoms with Crippen LogP contribution in [0.5, 0.6) is 0 Å². The molecular formula is C20H29FN2O2. The van der Waals surface area contributed by atoms with E-state index in [0.29, 0.717) is 13.0 Å². The number of amides is 1. The summed E-state index contributed by atoms with van der Waals surface area (Å²) < 4.78 is 13.7. The van der Waals surface area contributed by atoms with Crippen molar-refractivity contribution in [1.82, 2.24) is 9.80 Å². The van der Waals surface area contributed by atoms with E-state index in [1.54, 1.807) is 13.0 Å². The molecule has 2 aliphatic rings. The highest BCUT2D eigenvalue weighted by molar-refractivity contribution is 5.77. The van der Waals surface area contributed by atoms with Crippen molar-refractivity contribution in [2.24, 2.45) is 5.41 Å². The summed E-state index contributed by atoms with van der Waals surface area (Å²) in [6.45, 7) is 7.53. The van der Waals surface area contributed by atoms with Crippen molar-refractivity contribution >= 4 is 5.91 Å². The summed E-state index contributed by atoms with van der Waals surface area (Å²) in [5, 5.41) is 9.63. The largest absolute Gasteiger partial charge is 0.392 e. The van der Waals surface area contributed by atoms with E-state index in [2.05, 4.69) is 4.90 Å². The lowest BCUT2D eigenvalue weighted by atomic mass is 9.72. The molecular weight excluding hydrogens is 319 g/mol. The molecule has 25 heavy (non-hydrogen) atoms. The molecule has 0 aliphatic carbocycles. The second-order valence-corrected chi connectivity index (χ2v) is 7.92. The number of piperidine rings is 2. The minimum atomic E-state index is -0.477. The summed E-state index contributed by atoms with van der Waals surface area (Å²) in [6, 6.07) is 5.30. The Hall–Kier alpha value is -1.46. The topological polar surface area (TPSA) is 43.8 Å². The molecule has 1 spiro atoms. The number of rotatable bonds is 4. The van der Waals surface area contributed by atoms with Crippen molar-refractivity contribution in [3.8, 4) is 0 Å². The van der Waals surface area contributed by atoms with Crippen LogP contribution in [-0.4, -0.2) is 53.1 Å². The third kappa shape index (κ3) is 4.21. The highest BCUT2D eigenvalue weighted by Crippen LogP contribution is 2.40. The smallest absolute Gasteiger partial charge is 0.222 e. The molecule has 2 aliphatic heterocycles. The van der Waals surface area contributed by atoms with E-state index in [9.17, 15) is 14.3 Å². The van der Waals surface area contributed by atoms with Crippen LogP contribution in [0.1, 0.15) is 43.7 Å². The number of hydrogen-bond acceptors (Lipinski definition) is 3. The molecule has 1 N–H and O–H groups in total. The van der Waals surface area contributed by atoms with Gasteiger partial charge in [-0.2, -0.15) is 0 Å². The normalized spacial score (nSPS) is 22.4. The molecule has 1 amide bonds. The number of hydrogen-bond donors (Lipinski definition) is 1. The number of carbonyl (C=O) groups is 1. The number of nitrogens with zero attached hydrogens (tertiary/aromatic N) is 2. The molecule has 4 nitrogen and oxygen atoms in total. The molecule has 0 aromatic heterocycles. The standard InChI is InChI=1S/C20H29FN2O2/c1-15(24)12-23-14-20(7-6-19(23)25)8-10-22(11-9-20)13-17-4-3-5-18(21)16(17)2/h3-5,15,24H,6-14H2,1-2H3. The Morgan fingerprint density at radius 3 is 2.68 bits per heavy atom. The lowest BCUT2D eigenvalue weighted by Crippen LogP contribution is -2.52. The second-order valence-electron chi connectivity index (χ2n) is 7.92. The van der Waals surface area contributed by atoms with Gasteiger partial charge in [-0.1, -0.05) is 12.1 Å². The van der Waals surface area contributed by atoms with Crippen LogP contribution in [0.3, 0.4) is 0 Å². The van der Waals surface area contributed by atoms with Gasteiger partial charge in [0.05, 0.1) is 6.10 Å². The molecule has 1 aromatic rings. The van der Waals surface area contributed by atoms with E-state index in [0.717, 1.165) is 56.6 Å². The van der Waals surface area contributed by atoms with Gasteiger partial charge in [-0.25, -0.2) is 4.39 Å². The number of aliphatic hydroxyl groups is 1. The number of halogens is 1. The van der Waals surface area contributed by atoms with Gasteiger partial charge in [-0.05, 0) is 68.8 Å². The fourth-order valence-electron chi connectivity index (χ4n) is 4.25. The number of carbonyl (C=O) groups excluding carboxylic acids is 1. The van der Waals surface area contributed by atoms with E-state index >= 15 is 0 Å². The summed E-state index contributed by atoms with van der Waals surface area (Å²) in [7, 11) is 0. The lowest BCUT2D eigenvalue weighted by molar-refractivity contribution is -0.140. The van der Waals surface area contributed by atoms with Gasteiger partial charge in [0.15, 0.2) is 0 Å². The molecule has 1 atom stereocenters. The Morgan fingerprint density at radius 1 is 1.28 bits per heavy atom. The first-order chi connectivity index (χ1) is 11.9. The Bertz CT molecular complexity index is 624. The molecule has 0 radical (unpaired) electrons. The SMILES string of the molecule is Cc1c(F)cccc1CN1CCC2(CCC(=O)N(CC(C)O)C2)CC1. The summed E-state index contributed by atoms with van der Waals surface area (Å²) in [6.07, 6.45) is 3.19. The minimum absolute atomic E-state index is 0.134. The molecule has 5 heteroatoms. The number of likely N-dealkylation sites (tertiary alicyclic amines) is 2. The predicted octanol–water partition coefficient (Wildman–Crippen LogP) is 2.72. The first kappa shape index (κ1) is 18.3. The Balaban J connectivity index is 1.59. The molecule has 2 saturated heterocycles. The minimum Gasteiger partial charge on any atom is -0.392 e. The van der Waals surface area contributed by atoms with Crippen LogP contribution >= 0.6 is 0 Å². The van der Waals surface area contributed by atoms with E-state index in [4.69, 9.17) is 0 Å². The number of aliphatic hydroxyl groups excluding tert-OH is 1. The van der Waals surface area contributed by atoms with Crippen LogP contribution in [0.15, 0.2) is 18.2 Å². The third-order valence-electron chi connectivity index (χ3n) is 5.92. The van der Waals surface area contributed by atoms with Crippen molar-refractivity contribution in [3.05, 3.63) is 35.1 Å². The van der Waals surface area contributed by atoms with Gasteiger partial charge in [0.25, 0.3) is 0 Å². The van der Waals surface area contributed by atoms with E-state index in [1.165, 1.54) is 6.07 Å². The van der Waals surface area contributed by atoms with Gasteiger partial charge in [0.2, 0.25) is 5.91 Å². The van der Waals surface area contributed by atoms with Crippen molar-refractivity contribution < 1.29 is 14.3 Å². The van der Waals surface area contributed by atoms with Crippen LogP contribution in [0.4, 0.5) is 4.39 Å². The molecule has 3 rings (SSSR count). The Labute approximate surface area is 149 Å². The monoisotopic (exact) mass is 348 g/mol. The number of benzene rings is 1. The van der Waals surface area contributed by atoms with Gasteiger partial charge >= 0.3 is 0 Å². The van der Waals surface area contributed by atoms with E-state index in [1.807, 2.05) is 17.9 Å². The molecule has 2 heterocycles. The highest BCUT2D eigenvalue weighted by Gasteiger charge is 2.41. The van der Waals surface area contributed by atoms with Crippen LogP contribution in [0.2, 0.25) is 0 Å². The predicted molar refractivity (Wildman–Crippen MR) is 95.6 cm³/mol. The summed E-state index contributed by atoms with van der Waals surface area (Å²) in [5.41, 5.74) is 2.00. The van der Waals surface area contributed by atoms with Gasteiger partial charge in [-0.15, -0.1) is 0 Å². The second kappa shape index (κ2) is 7.42. The quantitative estimate of drug-likeness (QED) is 0.910. The van der Waals surface area contributed by atoms with E-state index < -0.39 is 6.10 Å². The van der Waals surface area contributed by atoms with Crippen molar-refractivity contribution in [2.45, 2.75) is 52.2 Å². The average molecular weight is 348 g/mol. The zero-order valence-electron chi connectivity index (χ0n) is 15.3. The first-order valence-electron chi connectivity index (χ1n) is 9.31. The van der Waals surface area contributed by atoms with Gasteiger partial charge < -0.3 is 10.0 Å². The molecule has 1 aromatic carbocycles. The van der Waals surface area contributed by atoms with Crippen LogP contribution < -0.4 is 0 Å². The van der Waals surface area contributed by atoms with Crippen molar-refractivity contribution in [1.29, 1.82) is 0 Å². The van der Waals surface area contributed by atoms with Gasteiger partial charge in [0, 0.05) is 26.1 Å². The zero-order valence-corrected chi connectivity index (χ0v) is 15.3. The third-order valence-corrected chi connectivity index (χ3v) is 5.92. The van der Waals surface area contributed by atoms with Crippen LogP contribution in [0, 0.1) is 18.2 Å². The van der Waals surface area contributed by atoms with E-state index in [-0.39, 0.29) is 17.1 Å². The Kier molecular flexibility index (Phi) is 5.44. The molecule has 1 unspecified atom stereocenters. The highest BCUT2D eigenvalue weighted by atomic mass is 19.1. The summed E-state index contributed by atoms with van der Waals surface area (Å²) in [4.78, 5) is 16.3. The molecule has 0 bridgehead atoms. The maximum Gasteiger partial charge on any atom is 0.222 e. The van der Waals surface area contributed by atoms with Gasteiger partial charge in [0.1, 0.15) is 5.82 Å². The Morgan fingerprint density at radius 2 is 2.00 bits per heavy atom. The van der Waals surface area contributed by atoms with Crippen molar-refractivity contribution in [2.75, 3.05) is 26.2 Å². The van der Waals surface area contributed by atoms with Crippen LogP contribution in [0.25, 0.3) is 0 Å². The van der Waals surface area contributed by atoms with Gasteiger partial charge in [-0.3, -0.25) is 9.69 Å². The summed E-state index contributed by atoms with van der Waals surface area (Å²) >= 11 is 0. The fraction of sp³-hybridized carbons (Fsp3) is 0.650. The lowest BCUT2D eigenvalue weighted by Gasteiger charge is -2.47. The maximum absolute atomic E-state index is 13.7. The van der Waals surface area contributed by atoms with Crippen molar-refractivity contribution in [3.63, 3.8) is 0 Å². The fourth-order valence-corrected chi connectivity index (χ4v) is 4.25. The molecule has 138 valence electrons.